The minimum absolute atomic E-state index is 0.0634. The van der Waals surface area contributed by atoms with E-state index >= 15 is 0 Å². The second-order valence-corrected chi connectivity index (χ2v) is 20.2. The van der Waals surface area contributed by atoms with E-state index in [1.807, 2.05) is 0 Å². The third-order valence-electron chi connectivity index (χ3n) is 12.7. The van der Waals surface area contributed by atoms with Crippen LogP contribution < -0.4 is 0 Å². The van der Waals surface area contributed by atoms with Gasteiger partial charge in [0.15, 0.2) is 6.10 Å². The van der Waals surface area contributed by atoms with E-state index in [2.05, 4.69) is 34.6 Å². The Hall–Kier alpha value is -1.59. The molecule has 0 saturated heterocycles. The Morgan fingerprint density at radius 2 is 0.532 bits per heavy atom. The van der Waals surface area contributed by atoms with E-state index in [9.17, 15) is 14.4 Å². The lowest BCUT2D eigenvalue weighted by atomic mass is 10.0. The third kappa shape index (κ3) is 49.4. The van der Waals surface area contributed by atoms with Gasteiger partial charge in [-0.2, -0.15) is 0 Å². The second kappa shape index (κ2) is 48.9. The first-order chi connectivity index (χ1) is 30.2. The normalized spacial score (nSPS) is 12.0. The lowest BCUT2D eigenvalue weighted by Crippen LogP contribution is -2.30. The maximum Gasteiger partial charge on any atom is 0.306 e. The minimum Gasteiger partial charge on any atom is -0.462 e. The third-order valence-corrected chi connectivity index (χ3v) is 12.7. The van der Waals surface area contributed by atoms with Crippen LogP contribution in [0.2, 0.25) is 0 Å². The Morgan fingerprint density at radius 3 is 0.790 bits per heavy atom. The predicted molar refractivity (Wildman–Crippen MR) is 266 cm³/mol. The molecule has 0 radical (unpaired) electrons. The highest BCUT2D eigenvalue weighted by Gasteiger charge is 2.19. The summed E-state index contributed by atoms with van der Waals surface area (Å²) in [5, 5.41) is 0. The summed E-state index contributed by atoms with van der Waals surface area (Å²) in [4.78, 5) is 38.0. The summed E-state index contributed by atoms with van der Waals surface area (Å²) in [6.07, 6.45) is 51.0. The van der Waals surface area contributed by atoms with E-state index in [0.29, 0.717) is 19.3 Å². The van der Waals surface area contributed by atoms with Crippen LogP contribution >= 0.6 is 0 Å². The van der Waals surface area contributed by atoms with Crippen LogP contribution in [0.25, 0.3) is 0 Å². The van der Waals surface area contributed by atoms with Gasteiger partial charge in [-0.15, -0.1) is 0 Å². The number of rotatable bonds is 50. The lowest BCUT2D eigenvalue weighted by Gasteiger charge is -2.18. The molecule has 0 unspecified atom stereocenters. The summed E-state index contributed by atoms with van der Waals surface area (Å²) in [6.45, 7) is 11.4. The molecule has 0 aromatic carbocycles. The summed E-state index contributed by atoms with van der Waals surface area (Å²) < 4.78 is 16.8. The van der Waals surface area contributed by atoms with Crippen molar-refractivity contribution in [1.82, 2.24) is 0 Å². The van der Waals surface area contributed by atoms with Crippen molar-refractivity contribution in [1.29, 1.82) is 0 Å². The van der Waals surface area contributed by atoms with Gasteiger partial charge in [0.1, 0.15) is 13.2 Å². The van der Waals surface area contributed by atoms with Crippen molar-refractivity contribution in [3.63, 3.8) is 0 Å². The number of unbranched alkanes of at least 4 members (excludes halogenated alkanes) is 35. The zero-order valence-corrected chi connectivity index (χ0v) is 42.5. The molecular formula is C56H108O6. The van der Waals surface area contributed by atoms with Crippen LogP contribution in [0.4, 0.5) is 0 Å². The smallest absolute Gasteiger partial charge is 0.306 e. The van der Waals surface area contributed by atoms with Gasteiger partial charge in [-0.05, 0) is 31.1 Å². The summed E-state index contributed by atoms with van der Waals surface area (Å²) in [6, 6.07) is 0. The van der Waals surface area contributed by atoms with Crippen LogP contribution in [-0.2, 0) is 28.6 Å². The van der Waals surface area contributed by atoms with E-state index in [0.717, 1.165) is 69.6 Å². The molecule has 1 atom stereocenters. The van der Waals surface area contributed by atoms with Crippen molar-refractivity contribution in [2.24, 2.45) is 11.8 Å². The number of hydrogen-bond donors (Lipinski definition) is 0. The average Bonchev–Trinajstić information content (AvgIpc) is 3.24. The molecule has 368 valence electrons. The van der Waals surface area contributed by atoms with Crippen molar-refractivity contribution in [3.8, 4) is 0 Å². The Bertz CT molecular complexity index is 947. The van der Waals surface area contributed by atoms with Gasteiger partial charge >= 0.3 is 17.9 Å². The molecule has 6 nitrogen and oxygen atoms in total. The van der Waals surface area contributed by atoms with Gasteiger partial charge in [0.05, 0.1) is 0 Å². The zero-order valence-electron chi connectivity index (χ0n) is 42.5. The van der Waals surface area contributed by atoms with Gasteiger partial charge in [-0.25, -0.2) is 0 Å². The highest BCUT2D eigenvalue weighted by atomic mass is 16.6. The fraction of sp³-hybridized carbons (Fsp3) is 0.946. The SMILES string of the molecule is CCCCCCCCCCCC(=O)OC[C@@H](COC(=O)CCCCCCCCCCCCCC(C)C)OC(=O)CCCCCCCCCCCCCCCCCCCCC(C)C. The van der Waals surface area contributed by atoms with Gasteiger partial charge in [-0.1, -0.05) is 272 Å². The molecule has 0 bridgehead atoms. The Balaban J connectivity index is 4.20. The minimum atomic E-state index is -0.761. The molecule has 0 saturated carbocycles. The van der Waals surface area contributed by atoms with E-state index in [1.54, 1.807) is 0 Å². The van der Waals surface area contributed by atoms with Gasteiger partial charge in [0.25, 0.3) is 0 Å². The molecule has 6 heteroatoms. The molecule has 0 aliphatic rings. The van der Waals surface area contributed by atoms with Crippen LogP contribution in [0.3, 0.4) is 0 Å². The first-order valence-corrected chi connectivity index (χ1v) is 27.7. The van der Waals surface area contributed by atoms with Crippen LogP contribution in [0.1, 0.15) is 311 Å². The van der Waals surface area contributed by atoms with Crippen LogP contribution in [0.15, 0.2) is 0 Å². The number of hydrogen-bond acceptors (Lipinski definition) is 6. The number of esters is 3. The van der Waals surface area contributed by atoms with Crippen molar-refractivity contribution < 1.29 is 28.6 Å². The quantitative estimate of drug-likeness (QED) is 0.0344. The van der Waals surface area contributed by atoms with E-state index in [4.69, 9.17) is 14.2 Å². The molecule has 0 N–H and O–H groups in total. The Kier molecular flexibility index (Phi) is 47.6. The number of carbonyl (C=O) groups excluding carboxylic acids is 3. The Labute approximate surface area is 387 Å². The summed E-state index contributed by atoms with van der Waals surface area (Å²) in [5.41, 5.74) is 0. The fourth-order valence-corrected chi connectivity index (χ4v) is 8.52. The molecule has 0 fully saturated rings. The van der Waals surface area contributed by atoms with Gasteiger partial charge < -0.3 is 14.2 Å². The highest BCUT2D eigenvalue weighted by molar-refractivity contribution is 5.71. The molecule has 0 aromatic heterocycles. The van der Waals surface area contributed by atoms with Crippen molar-refractivity contribution in [2.45, 2.75) is 317 Å². The molecule has 0 heterocycles. The predicted octanol–water partition coefficient (Wildman–Crippen LogP) is 18.1. The van der Waals surface area contributed by atoms with Gasteiger partial charge in [-0.3, -0.25) is 14.4 Å². The molecule has 0 aromatic rings. The first kappa shape index (κ1) is 60.4. The average molecular weight is 877 g/mol. The summed E-state index contributed by atoms with van der Waals surface area (Å²) in [5.74, 6) is 0.839. The molecule has 0 rings (SSSR count). The van der Waals surface area contributed by atoms with Crippen LogP contribution in [-0.4, -0.2) is 37.2 Å². The molecule has 0 aliphatic carbocycles. The number of ether oxygens (including phenoxy) is 3. The van der Waals surface area contributed by atoms with Crippen molar-refractivity contribution in [2.75, 3.05) is 13.2 Å². The van der Waals surface area contributed by atoms with Crippen LogP contribution in [0, 0.1) is 11.8 Å². The largest absolute Gasteiger partial charge is 0.462 e. The molecule has 0 spiro atoms. The number of carbonyl (C=O) groups is 3. The van der Waals surface area contributed by atoms with Crippen LogP contribution in [0.5, 0.6) is 0 Å². The van der Waals surface area contributed by atoms with Gasteiger partial charge in [0, 0.05) is 19.3 Å². The molecule has 0 amide bonds. The van der Waals surface area contributed by atoms with Crippen molar-refractivity contribution >= 4 is 17.9 Å². The van der Waals surface area contributed by atoms with Crippen molar-refractivity contribution in [3.05, 3.63) is 0 Å². The van der Waals surface area contributed by atoms with Gasteiger partial charge in [0.2, 0.25) is 0 Å². The van der Waals surface area contributed by atoms with E-state index < -0.39 is 6.10 Å². The Morgan fingerprint density at radius 1 is 0.306 bits per heavy atom. The summed E-state index contributed by atoms with van der Waals surface area (Å²) in [7, 11) is 0. The zero-order chi connectivity index (χ0) is 45.4. The van der Waals surface area contributed by atoms with E-state index in [1.165, 1.54) is 199 Å². The summed E-state index contributed by atoms with van der Waals surface area (Å²) >= 11 is 0. The van der Waals surface area contributed by atoms with E-state index in [-0.39, 0.29) is 31.1 Å². The lowest BCUT2D eigenvalue weighted by molar-refractivity contribution is -0.167. The fourth-order valence-electron chi connectivity index (χ4n) is 8.52. The molecule has 0 aliphatic heterocycles. The standard InChI is InChI=1S/C56H108O6/c1-6-7-8-9-10-24-31-36-41-46-54(57)60-49-53(50-61-55(58)47-42-37-32-27-23-19-21-26-30-35-40-45-52(4)5)62-56(59)48-43-38-33-28-22-18-16-14-12-11-13-15-17-20-25-29-34-39-44-51(2)3/h51-53H,6-50H2,1-5H3/t53-/m0/s1. The highest BCUT2D eigenvalue weighted by Crippen LogP contribution is 2.18. The second-order valence-electron chi connectivity index (χ2n) is 20.2. The first-order valence-electron chi connectivity index (χ1n) is 27.7. The molecule has 62 heavy (non-hydrogen) atoms. The maximum atomic E-state index is 12.8. The monoisotopic (exact) mass is 877 g/mol. The molecular weight excluding hydrogens is 769 g/mol. The topological polar surface area (TPSA) is 78.9 Å². The maximum absolute atomic E-state index is 12.8.